The highest BCUT2D eigenvalue weighted by Crippen LogP contribution is 2.32. The lowest BCUT2D eigenvalue weighted by Gasteiger charge is -2.32. The van der Waals surface area contributed by atoms with E-state index in [-0.39, 0.29) is 0 Å². The van der Waals surface area contributed by atoms with Crippen LogP contribution >= 0.6 is 11.6 Å². The molecule has 160 valence electrons. The third-order valence-corrected chi connectivity index (χ3v) is 6.26. The summed E-state index contributed by atoms with van der Waals surface area (Å²) in [5.41, 5.74) is 3.47. The molecule has 2 aromatic carbocycles. The van der Waals surface area contributed by atoms with Crippen molar-refractivity contribution in [3.05, 3.63) is 76.4 Å². The number of rotatable bonds is 5. The Morgan fingerprint density at radius 3 is 2.42 bits per heavy atom. The summed E-state index contributed by atoms with van der Waals surface area (Å²) in [5.74, 6) is 2.32. The lowest BCUT2D eigenvalue weighted by Crippen LogP contribution is -2.34. The average Bonchev–Trinajstić information content (AvgIpc) is 2.82. The van der Waals surface area contributed by atoms with E-state index in [4.69, 9.17) is 26.3 Å². The molecule has 2 aliphatic heterocycles. The monoisotopic (exact) mass is 434 g/mol. The summed E-state index contributed by atoms with van der Waals surface area (Å²) >= 11 is 6.05. The normalized spacial score (nSPS) is 16.7. The number of fused-ring (bicyclic) bond motifs is 1. The number of para-hydroxylation sites is 1. The molecule has 1 saturated heterocycles. The summed E-state index contributed by atoms with van der Waals surface area (Å²) in [6.07, 6.45) is 4.58. The second kappa shape index (κ2) is 9.25. The van der Waals surface area contributed by atoms with Crippen molar-refractivity contribution in [1.29, 1.82) is 0 Å². The van der Waals surface area contributed by atoms with Gasteiger partial charge in [-0.15, -0.1) is 0 Å². The van der Waals surface area contributed by atoms with Crippen LogP contribution in [-0.4, -0.2) is 34.5 Å². The van der Waals surface area contributed by atoms with E-state index in [2.05, 4.69) is 21.9 Å². The summed E-state index contributed by atoms with van der Waals surface area (Å²) < 4.78 is 6.30. The van der Waals surface area contributed by atoms with Crippen LogP contribution in [-0.2, 0) is 19.5 Å². The number of halogens is 1. The van der Waals surface area contributed by atoms with Crippen molar-refractivity contribution in [3.63, 3.8) is 0 Å². The van der Waals surface area contributed by atoms with E-state index >= 15 is 0 Å². The van der Waals surface area contributed by atoms with Crippen LogP contribution in [0.25, 0.3) is 0 Å². The predicted octanol–water partition coefficient (Wildman–Crippen LogP) is 5.47. The molecule has 0 spiro atoms. The van der Waals surface area contributed by atoms with Crippen molar-refractivity contribution in [2.24, 2.45) is 0 Å². The Morgan fingerprint density at radius 2 is 1.65 bits per heavy atom. The molecule has 1 fully saturated rings. The molecule has 0 radical (unpaired) electrons. The van der Waals surface area contributed by atoms with Gasteiger partial charge < -0.3 is 9.64 Å². The molecule has 0 unspecified atom stereocenters. The molecular formula is C25H27ClN4O. The third-order valence-electron chi connectivity index (χ3n) is 6.01. The van der Waals surface area contributed by atoms with Gasteiger partial charge in [-0.1, -0.05) is 41.9 Å². The molecule has 0 amide bonds. The minimum absolute atomic E-state index is 0.692. The summed E-state index contributed by atoms with van der Waals surface area (Å²) in [5, 5.41) is 0.768. The van der Waals surface area contributed by atoms with E-state index < -0.39 is 0 Å². The molecule has 31 heavy (non-hydrogen) atoms. The van der Waals surface area contributed by atoms with E-state index in [9.17, 15) is 0 Å². The van der Waals surface area contributed by atoms with E-state index in [1.807, 2.05) is 42.5 Å². The fourth-order valence-electron chi connectivity index (χ4n) is 4.33. The largest absolute Gasteiger partial charge is 0.439 e. The second-order valence-corrected chi connectivity index (χ2v) is 8.74. The van der Waals surface area contributed by atoms with Crippen LogP contribution < -0.4 is 9.64 Å². The smallest absolute Gasteiger partial charge is 0.228 e. The fourth-order valence-corrected chi connectivity index (χ4v) is 4.46. The van der Waals surface area contributed by atoms with Gasteiger partial charge in [0, 0.05) is 44.2 Å². The Kier molecular flexibility index (Phi) is 6.05. The number of hydrogen-bond donors (Lipinski definition) is 0. The third kappa shape index (κ3) is 4.83. The van der Waals surface area contributed by atoms with Crippen LogP contribution in [0.4, 0.5) is 5.95 Å². The quantitative estimate of drug-likeness (QED) is 0.532. The van der Waals surface area contributed by atoms with Gasteiger partial charge in [-0.05, 0) is 49.1 Å². The molecule has 3 aromatic rings. The lowest BCUT2D eigenvalue weighted by atomic mass is 10.1. The zero-order chi connectivity index (χ0) is 21.0. The molecule has 6 heteroatoms. The van der Waals surface area contributed by atoms with Gasteiger partial charge in [0.1, 0.15) is 5.75 Å². The number of nitrogens with zero attached hydrogens (tertiary/aromatic N) is 4. The maximum absolute atomic E-state index is 6.30. The average molecular weight is 435 g/mol. The predicted molar refractivity (Wildman–Crippen MR) is 124 cm³/mol. The Morgan fingerprint density at radius 1 is 0.871 bits per heavy atom. The zero-order valence-electron chi connectivity index (χ0n) is 17.6. The van der Waals surface area contributed by atoms with Crippen LogP contribution in [0.1, 0.15) is 36.1 Å². The molecule has 0 atom stereocenters. The van der Waals surface area contributed by atoms with Crippen LogP contribution in [0.3, 0.4) is 0 Å². The van der Waals surface area contributed by atoms with E-state index in [1.165, 1.54) is 24.8 Å². The van der Waals surface area contributed by atoms with Gasteiger partial charge in [0.15, 0.2) is 0 Å². The molecule has 1 aromatic heterocycles. The maximum atomic E-state index is 6.30. The van der Waals surface area contributed by atoms with Crippen molar-refractivity contribution in [2.75, 3.05) is 24.5 Å². The molecule has 0 saturated carbocycles. The second-order valence-electron chi connectivity index (χ2n) is 8.30. The lowest BCUT2D eigenvalue weighted by molar-refractivity contribution is 0.238. The van der Waals surface area contributed by atoms with E-state index in [0.29, 0.717) is 5.88 Å². The van der Waals surface area contributed by atoms with Gasteiger partial charge in [0.2, 0.25) is 11.8 Å². The van der Waals surface area contributed by atoms with Gasteiger partial charge in [-0.3, -0.25) is 4.90 Å². The molecule has 5 nitrogen and oxygen atoms in total. The Balaban J connectivity index is 1.43. The van der Waals surface area contributed by atoms with Gasteiger partial charge in [-0.2, -0.15) is 4.98 Å². The summed E-state index contributed by atoms with van der Waals surface area (Å²) in [4.78, 5) is 14.6. The maximum Gasteiger partial charge on any atom is 0.228 e. The van der Waals surface area contributed by atoms with Gasteiger partial charge in [-0.25, -0.2) is 4.98 Å². The molecule has 3 heterocycles. The SMILES string of the molecule is Clc1ccc(CN2CCc3nc(N4CCCCC4)nc(Oc4ccccc4)c3C2)cc1. The van der Waals surface area contributed by atoms with Gasteiger partial charge in [0.05, 0.1) is 11.3 Å². The molecule has 0 N–H and O–H groups in total. The first-order chi connectivity index (χ1) is 15.2. The van der Waals surface area contributed by atoms with Crippen molar-refractivity contribution in [1.82, 2.24) is 14.9 Å². The van der Waals surface area contributed by atoms with Crippen LogP contribution in [0.5, 0.6) is 11.6 Å². The molecule has 0 bridgehead atoms. The highest BCUT2D eigenvalue weighted by atomic mass is 35.5. The Bertz CT molecular complexity index is 1020. The van der Waals surface area contributed by atoms with E-state index in [1.54, 1.807) is 0 Å². The summed E-state index contributed by atoms with van der Waals surface area (Å²) in [6, 6.07) is 18.0. The summed E-state index contributed by atoms with van der Waals surface area (Å²) in [7, 11) is 0. The molecular weight excluding hydrogens is 408 g/mol. The highest BCUT2D eigenvalue weighted by molar-refractivity contribution is 6.30. The highest BCUT2D eigenvalue weighted by Gasteiger charge is 2.26. The van der Waals surface area contributed by atoms with Crippen molar-refractivity contribution in [2.45, 2.75) is 38.8 Å². The van der Waals surface area contributed by atoms with Crippen molar-refractivity contribution < 1.29 is 4.74 Å². The summed E-state index contributed by atoms with van der Waals surface area (Å²) in [6.45, 7) is 4.66. The molecule has 0 aliphatic carbocycles. The van der Waals surface area contributed by atoms with Crippen LogP contribution in [0.2, 0.25) is 5.02 Å². The van der Waals surface area contributed by atoms with Crippen LogP contribution in [0.15, 0.2) is 54.6 Å². The topological polar surface area (TPSA) is 41.5 Å². The van der Waals surface area contributed by atoms with Crippen molar-refractivity contribution in [3.8, 4) is 11.6 Å². The van der Waals surface area contributed by atoms with E-state index in [0.717, 1.165) is 67.1 Å². The minimum atomic E-state index is 0.692. The Labute approximate surface area is 188 Å². The molecule has 5 rings (SSSR count). The fraction of sp³-hybridized carbons (Fsp3) is 0.360. The number of anilines is 1. The minimum Gasteiger partial charge on any atom is -0.439 e. The standard InChI is InChI=1S/C25H27ClN4O/c26-20-11-9-19(10-12-20)17-29-16-13-23-22(18-29)24(31-21-7-3-1-4-8-21)28-25(27-23)30-14-5-2-6-15-30/h1,3-4,7-12H,2,5-6,13-18H2. The number of aromatic nitrogens is 2. The first-order valence-electron chi connectivity index (χ1n) is 11.1. The van der Waals surface area contributed by atoms with Crippen molar-refractivity contribution >= 4 is 17.5 Å². The Hall–Kier alpha value is -2.63. The zero-order valence-corrected chi connectivity index (χ0v) is 18.4. The molecule has 2 aliphatic rings. The first-order valence-corrected chi connectivity index (χ1v) is 11.5. The number of ether oxygens (including phenoxy) is 1. The first kappa shape index (κ1) is 20.3. The number of hydrogen-bond acceptors (Lipinski definition) is 5. The van der Waals surface area contributed by atoms with Crippen LogP contribution in [0, 0.1) is 0 Å². The van der Waals surface area contributed by atoms with Gasteiger partial charge in [0.25, 0.3) is 0 Å². The van der Waals surface area contributed by atoms with Gasteiger partial charge >= 0.3 is 0 Å². The number of benzene rings is 2. The number of piperidine rings is 1.